The van der Waals surface area contributed by atoms with Crippen LogP contribution in [0.1, 0.15) is 62.3 Å². The number of rotatable bonds is 13. The van der Waals surface area contributed by atoms with Crippen molar-refractivity contribution in [2.75, 3.05) is 27.8 Å². The Morgan fingerprint density at radius 1 is 0.911 bits per heavy atom. The molecule has 4 atom stereocenters. The molecule has 0 bridgehead atoms. The zero-order valence-corrected chi connectivity index (χ0v) is 31.4. The summed E-state index contributed by atoms with van der Waals surface area (Å²) in [7, 11) is 4.98. The van der Waals surface area contributed by atoms with E-state index in [0.29, 0.717) is 22.5 Å². The number of nitrogens with zero attached hydrogens (tertiary/aromatic N) is 6. The van der Waals surface area contributed by atoms with Crippen LogP contribution in [-0.2, 0) is 30.3 Å². The van der Waals surface area contributed by atoms with Gasteiger partial charge in [-0.05, 0) is 49.2 Å². The van der Waals surface area contributed by atoms with Gasteiger partial charge in [0.25, 0.3) is 0 Å². The number of carbonyl (C=O) groups excluding carboxylic acids is 3. The molecular formula is C41H40N6O9. The lowest BCUT2D eigenvalue weighted by Crippen LogP contribution is -2.34. The number of imidazole rings is 1. The molecule has 2 saturated heterocycles. The zero-order valence-electron chi connectivity index (χ0n) is 31.4. The van der Waals surface area contributed by atoms with Crippen molar-refractivity contribution >= 4 is 47.1 Å². The number of carbonyl (C=O) groups is 3. The summed E-state index contributed by atoms with van der Waals surface area (Å²) in [6, 6.07) is 20.6. The maximum atomic E-state index is 13.4. The zero-order chi connectivity index (χ0) is 39.4. The van der Waals surface area contributed by atoms with Crippen molar-refractivity contribution in [3.63, 3.8) is 0 Å². The first-order chi connectivity index (χ1) is 27.0. The van der Waals surface area contributed by atoms with Gasteiger partial charge in [0.2, 0.25) is 0 Å². The summed E-state index contributed by atoms with van der Waals surface area (Å²) in [6.45, 7) is 3.68. The van der Waals surface area contributed by atoms with Crippen molar-refractivity contribution in [3.05, 3.63) is 119 Å². The van der Waals surface area contributed by atoms with Gasteiger partial charge in [-0.15, -0.1) is 0 Å². The van der Waals surface area contributed by atoms with E-state index in [-0.39, 0.29) is 35.7 Å². The fraction of sp³-hybridized carbons (Fsp3) is 0.293. The van der Waals surface area contributed by atoms with Crippen molar-refractivity contribution in [2.24, 2.45) is 4.99 Å². The first-order valence-corrected chi connectivity index (χ1v) is 17.8. The highest BCUT2D eigenvalue weighted by molar-refractivity contribution is 6.12. The molecule has 3 aromatic carbocycles. The van der Waals surface area contributed by atoms with E-state index in [0.717, 1.165) is 5.56 Å². The molecule has 4 heterocycles. The molecule has 15 nitrogen and oxygen atoms in total. The Balaban J connectivity index is 1.09. The minimum atomic E-state index is -0.923. The van der Waals surface area contributed by atoms with Crippen LogP contribution in [0.2, 0.25) is 0 Å². The molecule has 0 spiro atoms. The second kappa shape index (κ2) is 16.2. The Morgan fingerprint density at radius 2 is 1.66 bits per heavy atom. The van der Waals surface area contributed by atoms with Gasteiger partial charge < -0.3 is 33.3 Å². The maximum Gasteiger partial charge on any atom is 0.341 e. The second-order valence-corrected chi connectivity index (χ2v) is 13.7. The standard InChI is InChI=1S/C41H40N6O9/c1-41(2)55-34-32(54-38(35(34)56-41)47-24-44-33-36(45-23-46(3)4)42-22-43-37(33)47)21-52-31-19-25(15-17-29(31)39(49)51-5)16-18-30(48)27-13-9-10-14-28(27)40(50)53-20-26-11-7-6-8-12-26/h6-19,22-24,32,34-35,38H,20-21H2,1-5H3/b18-16+,45-23+/t32-,34-,35-,38-/m1/s1. The van der Waals surface area contributed by atoms with Crippen molar-refractivity contribution in [1.82, 2.24) is 24.4 Å². The van der Waals surface area contributed by atoms with Gasteiger partial charge in [-0.1, -0.05) is 60.7 Å². The summed E-state index contributed by atoms with van der Waals surface area (Å²) in [4.78, 5) is 58.7. The van der Waals surface area contributed by atoms with Crippen LogP contribution < -0.4 is 4.74 Å². The largest absolute Gasteiger partial charge is 0.490 e. The first-order valence-electron chi connectivity index (χ1n) is 17.8. The molecule has 2 aliphatic rings. The maximum absolute atomic E-state index is 13.4. The lowest BCUT2D eigenvalue weighted by atomic mass is 10.0. The lowest BCUT2D eigenvalue weighted by Gasteiger charge is -2.25. The van der Waals surface area contributed by atoms with Crippen LogP contribution in [0.25, 0.3) is 17.2 Å². The first kappa shape index (κ1) is 38.0. The highest BCUT2D eigenvalue weighted by Crippen LogP contribution is 2.44. The van der Waals surface area contributed by atoms with Crippen molar-refractivity contribution < 1.29 is 42.8 Å². The minimum absolute atomic E-state index is 0.0361. The van der Waals surface area contributed by atoms with Gasteiger partial charge >= 0.3 is 11.9 Å². The van der Waals surface area contributed by atoms with Gasteiger partial charge in [0.1, 0.15) is 49.2 Å². The van der Waals surface area contributed by atoms with E-state index in [2.05, 4.69) is 19.9 Å². The highest BCUT2D eigenvalue weighted by Gasteiger charge is 2.56. The SMILES string of the molecule is COC(=O)c1ccc(/C=C/C(=O)c2ccccc2C(=O)OCc2ccccc2)cc1OC[C@H]1O[C@@H](n2cnc3c(/N=C/N(C)C)ncnc32)[C@@H]2OC(C)(C)O[C@@H]21. The van der Waals surface area contributed by atoms with E-state index >= 15 is 0 Å². The van der Waals surface area contributed by atoms with E-state index in [1.807, 2.05) is 58.3 Å². The van der Waals surface area contributed by atoms with Crippen molar-refractivity contribution in [2.45, 2.75) is 50.8 Å². The summed E-state index contributed by atoms with van der Waals surface area (Å²) >= 11 is 0. The van der Waals surface area contributed by atoms with E-state index in [1.165, 1.54) is 19.5 Å². The molecule has 0 aliphatic carbocycles. The summed E-state index contributed by atoms with van der Waals surface area (Å²) in [5.41, 5.74) is 2.86. The molecule has 0 radical (unpaired) electrons. The van der Waals surface area contributed by atoms with Crippen LogP contribution in [0.15, 0.2) is 96.5 Å². The predicted molar refractivity (Wildman–Crippen MR) is 204 cm³/mol. The van der Waals surface area contributed by atoms with Crippen molar-refractivity contribution in [1.29, 1.82) is 0 Å². The summed E-state index contributed by atoms with van der Waals surface area (Å²) in [6.07, 6.45) is 5.10. The van der Waals surface area contributed by atoms with Gasteiger partial charge in [-0.25, -0.2) is 29.5 Å². The Kier molecular flexibility index (Phi) is 11.0. The Bertz CT molecular complexity index is 2310. The molecule has 2 aliphatic heterocycles. The number of esters is 2. The normalized spacial score (nSPS) is 20.0. The van der Waals surface area contributed by atoms with Crippen LogP contribution in [0, 0.1) is 0 Å². The van der Waals surface area contributed by atoms with Gasteiger partial charge in [0.15, 0.2) is 34.8 Å². The number of hydrogen-bond donors (Lipinski definition) is 0. The van der Waals surface area contributed by atoms with E-state index in [9.17, 15) is 14.4 Å². The Hall–Kier alpha value is -6.29. The number of benzene rings is 3. The molecule has 0 unspecified atom stereocenters. The molecule has 0 saturated carbocycles. The number of aliphatic imine (C=N–C) groups is 1. The number of allylic oxidation sites excluding steroid dienone is 1. The molecule has 15 heteroatoms. The molecule has 2 fully saturated rings. The van der Waals surface area contributed by atoms with Crippen molar-refractivity contribution in [3.8, 4) is 5.75 Å². The number of ketones is 1. The molecular weight excluding hydrogens is 720 g/mol. The van der Waals surface area contributed by atoms with Crippen LogP contribution in [0.4, 0.5) is 5.82 Å². The fourth-order valence-electron chi connectivity index (χ4n) is 6.46. The molecule has 56 heavy (non-hydrogen) atoms. The molecule has 2 aromatic heterocycles. The third-order valence-corrected chi connectivity index (χ3v) is 9.02. The fourth-order valence-corrected chi connectivity index (χ4v) is 6.46. The Labute approximate surface area is 322 Å². The summed E-state index contributed by atoms with van der Waals surface area (Å²) < 4.78 is 37.7. The van der Waals surface area contributed by atoms with E-state index in [1.54, 1.807) is 70.7 Å². The van der Waals surface area contributed by atoms with Crippen LogP contribution in [-0.4, -0.2) is 100 Å². The Morgan fingerprint density at radius 3 is 2.43 bits per heavy atom. The number of ether oxygens (including phenoxy) is 6. The minimum Gasteiger partial charge on any atom is -0.490 e. The smallest absolute Gasteiger partial charge is 0.341 e. The molecule has 0 amide bonds. The second-order valence-electron chi connectivity index (χ2n) is 13.7. The molecule has 5 aromatic rings. The number of methoxy groups -OCH3 is 1. The molecule has 288 valence electrons. The monoisotopic (exact) mass is 760 g/mol. The summed E-state index contributed by atoms with van der Waals surface area (Å²) in [5, 5.41) is 0. The number of aromatic nitrogens is 4. The molecule has 7 rings (SSSR count). The van der Waals surface area contributed by atoms with Crippen LogP contribution in [0.3, 0.4) is 0 Å². The number of hydrogen-bond acceptors (Lipinski definition) is 13. The average molecular weight is 761 g/mol. The lowest BCUT2D eigenvalue weighted by molar-refractivity contribution is -0.198. The van der Waals surface area contributed by atoms with Crippen LogP contribution in [0.5, 0.6) is 5.75 Å². The highest BCUT2D eigenvalue weighted by atomic mass is 16.8. The van der Waals surface area contributed by atoms with E-state index in [4.69, 9.17) is 28.4 Å². The third kappa shape index (κ3) is 8.19. The molecule has 0 N–H and O–H groups in total. The van der Waals surface area contributed by atoms with E-state index < -0.39 is 48.0 Å². The quantitative estimate of drug-likeness (QED) is 0.0480. The van der Waals surface area contributed by atoms with Crippen LogP contribution >= 0.6 is 0 Å². The summed E-state index contributed by atoms with van der Waals surface area (Å²) in [5.74, 6) is -1.97. The third-order valence-electron chi connectivity index (χ3n) is 9.02. The number of fused-ring (bicyclic) bond motifs is 2. The van der Waals surface area contributed by atoms with Gasteiger partial charge in [-0.2, -0.15) is 0 Å². The predicted octanol–water partition coefficient (Wildman–Crippen LogP) is 5.58. The average Bonchev–Trinajstić information content (AvgIpc) is 3.88. The topological polar surface area (TPSA) is 166 Å². The van der Waals surface area contributed by atoms with Gasteiger partial charge in [-0.3, -0.25) is 9.36 Å². The van der Waals surface area contributed by atoms with Gasteiger partial charge in [0.05, 0.1) is 25.3 Å². The van der Waals surface area contributed by atoms with Gasteiger partial charge in [0, 0.05) is 19.7 Å².